The van der Waals surface area contributed by atoms with Crippen molar-refractivity contribution >= 4 is 24.0 Å². The zero-order valence-electron chi connectivity index (χ0n) is 13.1. The number of carboxylic acid groups (broad SMARTS) is 1. The topological polar surface area (TPSA) is 129 Å². The first-order valence-electron chi connectivity index (χ1n) is 7.06. The van der Waals surface area contributed by atoms with E-state index >= 15 is 0 Å². The molecule has 0 aliphatic heterocycles. The summed E-state index contributed by atoms with van der Waals surface area (Å²) in [6.07, 6.45) is 1.93. The first-order valence-corrected chi connectivity index (χ1v) is 7.06. The number of hydrazone groups is 1. The molecule has 1 aromatic rings. The molecular formula is C15H18N3O6-. The van der Waals surface area contributed by atoms with Gasteiger partial charge in [0.2, 0.25) is 0 Å². The molecule has 2 amide bonds. The Hall–Kier alpha value is -2.94. The smallest absolute Gasteiger partial charge is 0.329 e. The van der Waals surface area contributed by atoms with Crippen molar-refractivity contribution in [3.05, 3.63) is 29.8 Å². The van der Waals surface area contributed by atoms with Gasteiger partial charge in [-0.15, -0.1) is 0 Å². The summed E-state index contributed by atoms with van der Waals surface area (Å²) in [5.74, 6) is -2.62. The number of aliphatic carboxylic acids is 1. The van der Waals surface area contributed by atoms with Crippen molar-refractivity contribution in [2.75, 3.05) is 26.9 Å². The van der Waals surface area contributed by atoms with Crippen LogP contribution in [0.15, 0.2) is 29.4 Å². The highest BCUT2D eigenvalue weighted by molar-refractivity contribution is 6.35. The van der Waals surface area contributed by atoms with Crippen molar-refractivity contribution in [3.63, 3.8) is 0 Å². The molecule has 9 heteroatoms. The van der Waals surface area contributed by atoms with Crippen molar-refractivity contribution in [2.45, 2.75) is 6.42 Å². The molecule has 0 radical (unpaired) electrons. The van der Waals surface area contributed by atoms with E-state index in [-0.39, 0.29) is 0 Å². The molecule has 0 aliphatic rings. The van der Waals surface area contributed by atoms with Gasteiger partial charge in [-0.2, -0.15) is 5.10 Å². The molecule has 1 aromatic carbocycles. The van der Waals surface area contributed by atoms with Crippen LogP contribution in [0.5, 0.6) is 5.75 Å². The summed E-state index contributed by atoms with van der Waals surface area (Å²) in [5, 5.41) is 16.3. The molecule has 0 heterocycles. The first-order chi connectivity index (χ1) is 11.5. The zero-order valence-corrected chi connectivity index (χ0v) is 13.1. The van der Waals surface area contributed by atoms with Gasteiger partial charge in [0.1, 0.15) is 12.4 Å². The third-order valence-electron chi connectivity index (χ3n) is 2.63. The molecule has 0 atom stereocenters. The molecule has 0 unspecified atom stereocenters. The minimum absolute atomic E-state index is 0.330. The Morgan fingerprint density at radius 1 is 1.21 bits per heavy atom. The van der Waals surface area contributed by atoms with Gasteiger partial charge < -0.3 is 24.7 Å². The van der Waals surface area contributed by atoms with Gasteiger partial charge in [-0.3, -0.25) is 9.59 Å². The molecule has 0 saturated heterocycles. The van der Waals surface area contributed by atoms with E-state index in [0.717, 1.165) is 0 Å². The van der Waals surface area contributed by atoms with Crippen LogP contribution < -0.4 is 20.6 Å². The largest absolute Gasteiger partial charge is 0.546 e. The average Bonchev–Trinajstić information content (AvgIpc) is 2.57. The Labute approximate surface area is 138 Å². The molecule has 0 bridgehead atoms. The third kappa shape index (κ3) is 7.90. The van der Waals surface area contributed by atoms with E-state index in [1.54, 1.807) is 19.2 Å². The second kappa shape index (κ2) is 10.7. The van der Waals surface area contributed by atoms with Gasteiger partial charge in [0, 0.05) is 20.3 Å². The third-order valence-corrected chi connectivity index (χ3v) is 2.63. The summed E-state index contributed by atoms with van der Waals surface area (Å²) in [5.41, 5.74) is 2.72. The summed E-state index contributed by atoms with van der Waals surface area (Å²) >= 11 is 0. The van der Waals surface area contributed by atoms with Crippen LogP contribution in [0.3, 0.4) is 0 Å². The van der Waals surface area contributed by atoms with E-state index in [1.807, 2.05) is 0 Å². The van der Waals surface area contributed by atoms with E-state index in [9.17, 15) is 19.5 Å². The Balaban J connectivity index is 2.36. The van der Waals surface area contributed by atoms with Crippen LogP contribution in [0.25, 0.3) is 0 Å². The summed E-state index contributed by atoms with van der Waals surface area (Å²) in [4.78, 5) is 33.1. The average molecular weight is 336 g/mol. The normalized spacial score (nSPS) is 10.4. The number of carbonyl (C=O) groups excluding carboxylic acids is 3. The van der Waals surface area contributed by atoms with Crippen molar-refractivity contribution < 1.29 is 29.0 Å². The molecule has 1 rings (SSSR count). The number of nitrogens with zero attached hydrogens (tertiary/aromatic N) is 1. The number of hydrogen-bond donors (Lipinski definition) is 2. The van der Waals surface area contributed by atoms with Gasteiger partial charge in [0.25, 0.3) is 0 Å². The maximum Gasteiger partial charge on any atom is 0.329 e. The summed E-state index contributed by atoms with van der Waals surface area (Å²) in [6.45, 7) is 0.281. The van der Waals surface area contributed by atoms with Crippen molar-refractivity contribution in [1.82, 2.24) is 10.7 Å². The zero-order chi connectivity index (χ0) is 17.8. The van der Waals surface area contributed by atoms with Crippen LogP contribution in [0, 0.1) is 0 Å². The Morgan fingerprint density at radius 2 is 1.92 bits per heavy atom. The van der Waals surface area contributed by atoms with Crippen LogP contribution in [-0.4, -0.2) is 50.9 Å². The van der Waals surface area contributed by atoms with Crippen LogP contribution in [0.2, 0.25) is 0 Å². The molecular weight excluding hydrogens is 318 g/mol. The fourth-order valence-electron chi connectivity index (χ4n) is 1.51. The van der Waals surface area contributed by atoms with E-state index in [0.29, 0.717) is 30.9 Å². The lowest BCUT2D eigenvalue weighted by atomic mass is 10.2. The molecule has 2 N–H and O–H groups in total. The summed E-state index contributed by atoms with van der Waals surface area (Å²) in [7, 11) is 1.55. The lowest BCUT2D eigenvalue weighted by Gasteiger charge is -2.06. The fourth-order valence-corrected chi connectivity index (χ4v) is 1.51. The maximum absolute atomic E-state index is 11.5. The summed E-state index contributed by atoms with van der Waals surface area (Å²) in [6, 6.07) is 6.28. The number of nitrogens with one attached hydrogen (secondary N) is 2. The predicted molar refractivity (Wildman–Crippen MR) is 82.2 cm³/mol. The predicted octanol–water partition coefficient (Wildman–Crippen LogP) is -1.58. The van der Waals surface area contributed by atoms with Gasteiger partial charge >= 0.3 is 11.8 Å². The van der Waals surface area contributed by atoms with Crippen molar-refractivity contribution in [2.24, 2.45) is 5.10 Å². The second-order valence-electron chi connectivity index (χ2n) is 4.53. The lowest BCUT2D eigenvalue weighted by molar-refractivity contribution is -0.307. The van der Waals surface area contributed by atoms with Gasteiger partial charge in [0.05, 0.1) is 12.2 Å². The van der Waals surface area contributed by atoms with Gasteiger partial charge in [-0.1, -0.05) is 0 Å². The quantitative estimate of drug-likeness (QED) is 0.242. The van der Waals surface area contributed by atoms with Gasteiger partial charge in [-0.25, -0.2) is 5.43 Å². The minimum Gasteiger partial charge on any atom is -0.546 e. The number of amides is 2. The number of carboxylic acids is 1. The Bertz CT molecular complexity index is 585. The van der Waals surface area contributed by atoms with E-state index in [4.69, 9.17) is 9.47 Å². The number of benzene rings is 1. The number of hydrogen-bond acceptors (Lipinski definition) is 7. The van der Waals surface area contributed by atoms with Crippen LogP contribution in [0.1, 0.15) is 12.0 Å². The number of methoxy groups -OCH3 is 1. The number of rotatable bonds is 9. The molecule has 24 heavy (non-hydrogen) atoms. The number of carbonyl (C=O) groups is 3. The summed E-state index contributed by atoms with van der Waals surface area (Å²) < 4.78 is 9.73. The monoisotopic (exact) mass is 336 g/mol. The van der Waals surface area contributed by atoms with Gasteiger partial charge in [-0.05, 0) is 36.2 Å². The number of ether oxygens (including phenoxy) is 2. The molecule has 0 saturated carbocycles. The molecule has 9 nitrogen and oxygen atoms in total. The SMILES string of the molecule is COCCCNC(=O)C(=O)N/N=C\c1ccc(OCC(=O)[O-])cc1. The molecule has 130 valence electrons. The lowest BCUT2D eigenvalue weighted by Crippen LogP contribution is -2.38. The first kappa shape index (κ1) is 19.1. The molecule has 0 spiro atoms. The molecule has 0 fully saturated rings. The van der Waals surface area contributed by atoms with E-state index < -0.39 is 24.4 Å². The highest BCUT2D eigenvalue weighted by Crippen LogP contribution is 2.10. The van der Waals surface area contributed by atoms with Gasteiger partial charge in [0.15, 0.2) is 0 Å². The van der Waals surface area contributed by atoms with E-state index in [1.165, 1.54) is 18.3 Å². The molecule has 0 aromatic heterocycles. The highest BCUT2D eigenvalue weighted by atomic mass is 16.5. The van der Waals surface area contributed by atoms with E-state index in [2.05, 4.69) is 15.8 Å². The minimum atomic E-state index is -1.32. The second-order valence-corrected chi connectivity index (χ2v) is 4.53. The molecule has 0 aliphatic carbocycles. The fraction of sp³-hybridized carbons (Fsp3) is 0.333. The maximum atomic E-state index is 11.5. The van der Waals surface area contributed by atoms with Crippen molar-refractivity contribution in [3.8, 4) is 5.75 Å². The standard InChI is InChI=1S/C15H19N3O6/c1-23-8-2-7-16-14(21)15(22)18-17-9-11-3-5-12(6-4-11)24-10-13(19)20/h3-6,9H,2,7-8,10H2,1H3,(H,16,21)(H,18,22)(H,19,20)/p-1/b17-9-. The van der Waals surface area contributed by atoms with Crippen molar-refractivity contribution in [1.29, 1.82) is 0 Å². The van der Waals surface area contributed by atoms with Crippen LogP contribution in [-0.2, 0) is 19.1 Å². The Morgan fingerprint density at radius 3 is 2.54 bits per heavy atom. The Kier molecular flexibility index (Phi) is 8.54. The highest BCUT2D eigenvalue weighted by Gasteiger charge is 2.11. The van der Waals surface area contributed by atoms with Crippen LogP contribution >= 0.6 is 0 Å². The van der Waals surface area contributed by atoms with Crippen LogP contribution in [0.4, 0.5) is 0 Å².